The number of hydrogen-bond acceptors (Lipinski definition) is 2. The number of hydrogen-bond donors (Lipinski definition) is 4. The van der Waals surface area contributed by atoms with Crippen LogP contribution in [0.5, 0.6) is 0 Å². The number of carbonyl (C=O) groups excluding carboxylic acids is 1. The lowest BCUT2D eigenvalue weighted by Crippen LogP contribution is -2.46. The first kappa shape index (κ1) is 22.4. The minimum atomic E-state index is -0.238. The van der Waals surface area contributed by atoms with E-state index in [1.54, 1.807) is 19.2 Å². The molecule has 1 aliphatic carbocycles. The third-order valence-electron chi connectivity index (χ3n) is 5.03. The molecule has 28 heavy (non-hydrogen) atoms. The third-order valence-corrected chi connectivity index (χ3v) is 5.03. The molecule has 4 N–H and O–H groups in total. The summed E-state index contributed by atoms with van der Waals surface area (Å²) in [4.78, 5) is 19.4. The summed E-state index contributed by atoms with van der Waals surface area (Å²) in [6.45, 7) is 0.835. The average molecular weight is 501 g/mol. The first-order valence-electron chi connectivity index (χ1n) is 9.65. The van der Waals surface area contributed by atoms with Gasteiger partial charge in [0.2, 0.25) is 5.91 Å². The van der Waals surface area contributed by atoms with Crippen LogP contribution in [0.2, 0.25) is 0 Å². The maximum atomic E-state index is 13.4. The summed E-state index contributed by atoms with van der Waals surface area (Å²) in [5, 5.41) is 10.2. The Morgan fingerprint density at radius 1 is 1.25 bits per heavy atom. The van der Waals surface area contributed by atoms with Crippen LogP contribution in [-0.4, -0.2) is 43.0 Å². The van der Waals surface area contributed by atoms with Crippen molar-refractivity contribution in [1.29, 1.82) is 0 Å². The maximum absolute atomic E-state index is 13.4. The van der Waals surface area contributed by atoms with Crippen molar-refractivity contribution < 1.29 is 9.18 Å². The molecule has 0 spiro atoms. The molecule has 0 bridgehead atoms. The zero-order chi connectivity index (χ0) is 19.1. The van der Waals surface area contributed by atoms with Crippen LogP contribution in [0.25, 0.3) is 10.9 Å². The lowest BCUT2D eigenvalue weighted by molar-refractivity contribution is -0.120. The number of rotatable bonds is 6. The number of aromatic amines is 1. The fourth-order valence-electron chi connectivity index (χ4n) is 3.58. The molecular weight excluding hydrogens is 472 g/mol. The van der Waals surface area contributed by atoms with Gasteiger partial charge < -0.3 is 20.9 Å². The Balaban J connectivity index is 0.00000280. The number of amides is 1. The Labute approximate surface area is 182 Å². The van der Waals surface area contributed by atoms with E-state index < -0.39 is 0 Å². The second-order valence-electron chi connectivity index (χ2n) is 7.01. The number of halogens is 2. The number of H-pyrrole nitrogens is 1. The van der Waals surface area contributed by atoms with Gasteiger partial charge in [-0.05, 0) is 43.0 Å². The van der Waals surface area contributed by atoms with Crippen LogP contribution < -0.4 is 16.0 Å². The number of aliphatic imine (C=N–C) groups is 1. The number of nitrogens with zero attached hydrogens (tertiary/aromatic N) is 1. The SMILES string of the molecule is CN=C(NCCc1c[nH]c2ccc(F)cc12)NCC(=O)NC1CCCCC1.I. The van der Waals surface area contributed by atoms with E-state index in [0.717, 1.165) is 35.7 Å². The van der Waals surface area contributed by atoms with Crippen LogP contribution in [0.15, 0.2) is 29.4 Å². The highest BCUT2D eigenvalue weighted by atomic mass is 127. The van der Waals surface area contributed by atoms with Gasteiger partial charge in [-0.1, -0.05) is 19.3 Å². The Kier molecular flexibility index (Phi) is 9.01. The van der Waals surface area contributed by atoms with Gasteiger partial charge in [-0.25, -0.2) is 4.39 Å². The molecule has 0 radical (unpaired) electrons. The van der Waals surface area contributed by atoms with E-state index in [4.69, 9.17) is 0 Å². The van der Waals surface area contributed by atoms with Crippen molar-refractivity contribution in [1.82, 2.24) is 20.9 Å². The maximum Gasteiger partial charge on any atom is 0.239 e. The molecule has 1 fully saturated rings. The van der Waals surface area contributed by atoms with Crippen molar-refractivity contribution >= 4 is 46.7 Å². The number of carbonyl (C=O) groups is 1. The molecule has 0 atom stereocenters. The Morgan fingerprint density at radius 2 is 2.04 bits per heavy atom. The van der Waals surface area contributed by atoms with Crippen molar-refractivity contribution in [2.24, 2.45) is 4.99 Å². The first-order valence-corrected chi connectivity index (χ1v) is 9.65. The monoisotopic (exact) mass is 501 g/mol. The van der Waals surface area contributed by atoms with Crippen LogP contribution in [-0.2, 0) is 11.2 Å². The van der Waals surface area contributed by atoms with Gasteiger partial charge in [0, 0.05) is 36.7 Å². The second kappa shape index (κ2) is 11.2. The lowest BCUT2D eigenvalue weighted by atomic mass is 9.95. The lowest BCUT2D eigenvalue weighted by Gasteiger charge is -2.23. The van der Waals surface area contributed by atoms with Crippen LogP contribution in [0, 0.1) is 5.82 Å². The summed E-state index contributed by atoms with van der Waals surface area (Å²) in [7, 11) is 1.68. The molecule has 0 saturated heterocycles. The molecule has 154 valence electrons. The summed E-state index contributed by atoms with van der Waals surface area (Å²) >= 11 is 0. The molecule has 0 aliphatic heterocycles. The zero-order valence-corrected chi connectivity index (χ0v) is 18.5. The van der Waals surface area contributed by atoms with E-state index in [0.29, 0.717) is 18.5 Å². The van der Waals surface area contributed by atoms with Gasteiger partial charge in [0.05, 0.1) is 6.54 Å². The van der Waals surface area contributed by atoms with Gasteiger partial charge in [0.25, 0.3) is 0 Å². The van der Waals surface area contributed by atoms with Gasteiger partial charge in [-0.2, -0.15) is 0 Å². The van der Waals surface area contributed by atoms with Gasteiger partial charge in [0.1, 0.15) is 5.82 Å². The van der Waals surface area contributed by atoms with Crippen LogP contribution in [0.3, 0.4) is 0 Å². The highest BCUT2D eigenvalue weighted by molar-refractivity contribution is 14.0. The molecule has 1 saturated carbocycles. The van der Waals surface area contributed by atoms with Gasteiger partial charge in [0.15, 0.2) is 5.96 Å². The molecule has 1 aliphatic rings. The average Bonchev–Trinajstić information content (AvgIpc) is 3.07. The van der Waals surface area contributed by atoms with E-state index in [1.165, 1.54) is 25.3 Å². The predicted octanol–water partition coefficient (Wildman–Crippen LogP) is 3.08. The van der Waals surface area contributed by atoms with E-state index in [1.807, 2.05) is 6.20 Å². The van der Waals surface area contributed by atoms with Gasteiger partial charge in [-0.15, -0.1) is 24.0 Å². The zero-order valence-electron chi connectivity index (χ0n) is 16.2. The molecule has 3 rings (SSSR count). The fraction of sp³-hybridized carbons (Fsp3) is 0.500. The molecular formula is C20H29FIN5O. The number of fused-ring (bicyclic) bond motifs is 1. The predicted molar refractivity (Wildman–Crippen MR) is 122 cm³/mol. The summed E-state index contributed by atoms with van der Waals surface area (Å²) in [5.41, 5.74) is 1.97. The summed E-state index contributed by atoms with van der Waals surface area (Å²) in [6, 6.07) is 5.05. The summed E-state index contributed by atoms with van der Waals surface area (Å²) in [5.74, 6) is 0.342. The molecule has 2 aromatic rings. The molecule has 1 heterocycles. The first-order chi connectivity index (χ1) is 13.2. The topological polar surface area (TPSA) is 81.3 Å². The van der Waals surface area contributed by atoms with Gasteiger partial charge in [-0.3, -0.25) is 9.79 Å². The highest BCUT2D eigenvalue weighted by Crippen LogP contribution is 2.19. The van der Waals surface area contributed by atoms with Crippen LogP contribution >= 0.6 is 24.0 Å². The standard InChI is InChI=1S/C20H28FN5O.HI/c1-22-20(25-13-19(27)26-16-5-3-2-4-6-16)23-10-9-14-12-24-18-8-7-15(21)11-17(14)18;/h7-8,11-12,16,24H,2-6,9-10,13H2,1H3,(H,26,27)(H2,22,23,25);1H. The number of nitrogens with one attached hydrogen (secondary N) is 4. The van der Waals surface area contributed by atoms with E-state index >= 15 is 0 Å². The van der Waals surface area contributed by atoms with Gasteiger partial charge >= 0.3 is 0 Å². The van der Waals surface area contributed by atoms with Crippen LogP contribution in [0.1, 0.15) is 37.7 Å². The Morgan fingerprint density at radius 3 is 2.79 bits per heavy atom. The van der Waals surface area contributed by atoms with E-state index in [9.17, 15) is 9.18 Å². The minimum Gasteiger partial charge on any atom is -0.361 e. The van der Waals surface area contributed by atoms with Crippen molar-refractivity contribution in [3.63, 3.8) is 0 Å². The smallest absolute Gasteiger partial charge is 0.239 e. The molecule has 1 amide bonds. The van der Waals surface area contributed by atoms with Crippen LogP contribution in [0.4, 0.5) is 4.39 Å². The minimum absolute atomic E-state index is 0. The fourth-order valence-corrected chi connectivity index (χ4v) is 3.58. The van der Waals surface area contributed by atoms with Crippen molar-refractivity contribution in [3.8, 4) is 0 Å². The normalized spacial score (nSPS) is 15.1. The molecule has 1 aromatic heterocycles. The number of benzene rings is 1. The number of aromatic nitrogens is 1. The second-order valence-corrected chi connectivity index (χ2v) is 7.01. The largest absolute Gasteiger partial charge is 0.361 e. The molecule has 1 aromatic carbocycles. The molecule has 0 unspecified atom stereocenters. The van der Waals surface area contributed by atoms with E-state index in [-0.39, 0.29) is 42.2 Å². The summed E-state index contributed by atoms with van der Waals surface area (Å²) < 4.78 is 13.4. The highest BCUT2D eigenvalue weighted by Gasteiger charge is 2.15. The molecule has 8 heteroatoms. The molecule has 6 nitrogen and oxygen atoms in total. The Bertz CT molecular complexity index is 801. The van der Waals surface area contributed by atoms with E-state index in [2.05, 4.69) is 25.9 Å². The summed E-state index contributed by atoms with van der Waals surface area (Å²) in [6.07, 6.45) is 8.43. The Hall–Kier alpha value is -1.84. The number of guanidine groups is 1. The van der Waals surface area contributed by atoms with Crippen molar-refractivity contribution in [2.75, 3.05) is 20.1 Å². The van der Waals surface area contributed by atoms with Crippen molar-refractivity contribution in [3.05, 3.63) is 35.8 Å². The third kappa shape index (κ3) is 6.35. The quantitative estimate of drug-likeness (QED) is 0.279. The van der Waals surface area contributed by atoms with Crippen molar-refractivity contribution in [2.45, 2.75) is 44.6 Å².